The number of anilines is 2. The molecule has 8 heteroatoms. The average molecular weight is 371 g/mol. The molecule has 1 saturated carbocycles. The van der Waals surface area contributed by atoms with Crippen molar-refractivity contribution in [2.45, 2.75) is 31.4 Å². The molecule has 2 aliphatic rings. The Kier molecular flexibility index (Phi) is 4.65. The monoisotopic (exact) mass is 371 g/mol. The Balaban J connectivity index is 1.43. The smallest absolute Gasteiger partial charge is 0.242 e. The van der Waals surface area contributed by atoms with E-state index in [4.69, 9.17) is 5.73 Å². The van der Waals surface area contributed by atoms with E-state index in [1.165, 1.54) is 12.1 Å². The number of carbonyl (C=O) groups excluding carboxylic acids is 1. The molecule has 0 atom stereocenters. The lowest BCUT2D eigenvalue weighted by molar-refractivity contribution is -0.131. The number of amides is 1. The molecule has 2 heterocycles. The largest absolute Gasteiger partial charge is 0.393 e. The second-order valence-corrected chi connectivity index (χ2v) is 7.19. The highest BCUT2D eigenvalue weighted by atomic mass is 19.1. The number of piperazine rings is 1. The first-order valence-corrected chi connectivity index (χ1v) is 9.07. The molecule has 0 radical (unpaired) electrons. The van der Waals surface area contributed by atoms with E-state index in [2.05, 4.69) is 9.97 Å². The lowest BCUT2D eigenvalue weighted by atomic mass is 9.80. The van der Waals surface area contributed by atoms with Crippen LogP contribution < -0.4 is 10.6 Å². The van der Waals surface area contributed by atoms with E-state index in [-0.39, 0.29) is 36.2 Å². The number of nitrogen functional groups attached to an aromatic ring is 1. The number of hydrogen-bond acceptors (Lipinski definition) is 6. The lowest BCUT2D eigenvalue weighted by Crippen LogP contribution is -2.50. The van der Waals surface area contributed by atoms with Gasteiger partial charge in [-0.1, -0.05) is 12.1 Å². The minimum Gasteiger partial charge on any atom is -0.393 e. The minimum absolute atomic E-state index is 0.0108. The molecule has 7 nitrogen and oxygen atoms in total. The number of halogens is 1. The maximum atomic E-state index is 13.0. The molecule has 2 fully saturated rings. The third kappa shape index (κ3) is 3.85. The van der Waals surface area contributed by atoms with Crippen molar-refractivity contribution in [3.05, 3.63) is 47.4 Å². The highest BCUT2D eigenvalue weighted by Gasteiger charge is 2.31. The zero-order chi connectivity index (χ0) is 19.0. The van der Waals surface area contributed by atoms with Gasteiger partial charge in [-0.25, -0.2) is 9.37 Å². The number of aromatic nitrogens is 2. The Hall–Kier alpha value is -2.74. The molecular weight excluding hydrogens is 349 g/mol. The molecule has 1 aromatic carbocycles. The first kappa shape index (κ1) is 17.7. The van der Waals surface area contributed by atoms with Crippen molar-refractivity contribution < 1.29 is 14.3 Å². The first-order valence-electron chi connectivity index (χ1n) is 9.07. The summed E-state index contributed by atoms with van der Waals surface area (Å²) < 4.78 is 13.0. The van der Waals surface area contributed by atoms with Crippen molar-refractivity contribution in [3.63, 3.8) is 0 Å². The Bertz CT molecular complexity index is 838. The fourth-order valence-corrected chi connectivity index (χ4v) is 3.55. The number of hydrogen-bond donors (Lipinski definition) is 2. The van der Waals surface area contributed by atoms with Crippen LogP contribution in [0.3, 0.4) is 0 Å². The van der Waals surface area contributed by atoms with Crippen molar-refractivity contribution >= 4 is 17.7 Å². The summed E-state index contributed by atoms with van der Waals surface area (Å²) in [5, 5.41) is 9.51. The van der Waals surface area contributed by atoms with E-state index in [1.807, 2.05) is 11.0 Å². The van der Waals surface area contributed by atoms with Crippen LogP contribution in [0.5, 0.6) is 0 Å². The Morgan fingerprint density at radius 2 is 1.93 bits per heavy atom. The molecule has 2 aromatic rings. The number of aliphatic hydroxyl groups excluding tert-OH is 1. The lowest BCUT2D eigenvalue weighted by Gasteiger charge is -2.36. The van der Waals surface area contributed by atoms with E-state index in [1.54, 1.807) is 17.0 Å². The standard InChI is InChI=1S/C19H22FN5O2/c20-14-3-1-12(2-4-14)10-25-6-5-24(11-18(25)27)17-9-16(22-19(21)23-17)13-7-15(26)8-13/h1-4,9,13,15,26H,5-8,10-11H2,(H2,21,22,23). The van der Waals surface area contributed by atoms with Crippen LogP contribution in [-0.2, 0) is 11.3 Å². The molecule has 1 amide bonds. The molecule has 1 aromatic heterocycles. The molecule has 4 rings (SSSR count). The van der Waals surface area contributed by atoms with E-state index in [0.717, 1.165) is 11.3 Å². The zero-order valence-electron chi connectivity index (χ0n) is 14.9. The van der Waals surface area contributed by atoms with Crippen LogP contribution in [0.15, 0.2) is 30.3 Å². The van der Waals surface area contributed by atoms with Gasteiger partial charge in [0.05, 0.1) is 18.3 Å². The average Bonchev–Trinajstić information content (AvgIpc) is 2.62. The van der Waals surface area contributed by atoms with Gasteiger partial charge in [-0.3, -0.25) is 4.79 Å². The van der Waals surface area contributed by atoms with Gasteiger partial charge in [0.1, 0.15) is 11.6 Å². The maximum Gasteiger partial charge on any atom is 0.242 e. The number of rotatable bonds is 4. The third-order valence-electron chi connectivity index (χ3n) is 5.21. The van der Waals surface area contributed by atoms with Crippen molar-refractivity contribution in [2.75, 3.05) is 30.3 Å². The van der Waals surface area contributed by atoms with Crippen molar-refractivity contribution in [1.29, 1.82) is 0 Å². The Morgan fingerprint density at radius 3 is 2.59 bits per heavy atom. The Labute approximate surface area is 156 Å². The molecule has 142 valence electrons. The molecule has 3 N–H and O–H groups in total. The summed E-state index contributed by atoms with van der Waals surface area (Å²) in [5.74, 6) is 0.729. The quantitative estimate of drug-likeness (QED) is 0.841. The summed E-state index contributed by atoms with van der Waals surface area (Å²) in [7, 11) is 0. The van der Waals surface area contributed by atoms with E-state index in [0.29, 0.717) is 38.3 Å². The topological polar surface area (TPSA) is 95.6 Å². The van der Waals surface area contributed by atoms with Gasteiger partial charge in [-0.2, -0.15) is 4.98 Å². The molecule has 1 aliphatic carbocycles. The molecule has 27 heavy (non-hydrogen) atoms. The van der Waals surface area contributed by atoms with Gasteiger partial charge in [0.2, 0.25) is 11.9 Å². The molecule has 0 spiro atoms. The second-order valence-electron chi connectivity index (χ2n) is 7.19. The summed E-state index contributed by atoms with van der Waals surface area (Å²) in [4.78, 5) is 24.8. The third-order valence-corrected chi connectivity index (χ3v) is 5.21. The summed E-state index contributed by atoms with van der Waals surface area (Å²) in [6, 6.07) is 8.06. The van der Waals surface area contributed by atoms with Crippen LogP contribution >= 0.6 is 0 Å². The molecule has 0 bridgehead atoms. The fourth-order valence-electron chi connectivity index (χ4n) is 3.55. The van der Waals surface area contributed by atoms with Gasteiger partial charge >= 0.3 is 0 Å². The maximum absolute atomic E-state index is 13.0. The number of aliphatic hydroxyl groups is 1. The normalized spacial score (nSPS) is 22.7. The highest BCUT2D eigenvalue weighted by Crippen LogP contribution is 2.37. The zero-order valence-corrected chi connectivity index (χ0v) is 14.9. The number of carbonyl (C=O) groups is 1. The van der Waals surface area contributed by atoms with Crippen LogP contribution in [0.2, 0.25) is 0 Å². The number of nitrogens with two attached hydrogens (primary N) is 1. The first-order chi connectivity index (χ1) is 13.0. The summed E-state index contributed by atoms with van der Waals surface area (Å²) in [6.07, 6.45) is 1.09. The van der Waals surface area contributed by atoms with Crippen LogP contribution in [0, 0.1) is 5.82 Å². The predicted molar refractivity (Wildman–Crippen MR) is 98.5 cm³/mol. The summed E-state index contributed by atoms with van der Waals surface area (Å²) in [6.45, 7) is 1.86. The van der Waals surface area contributed by atoms with Crippen LogP contribution in [0.1, 0.15) is 30.0 Å². The van der Waals surface area contributed by atoms with Crippen LogP contribution in [0.4, 0.5) is 16.2 Å². The second kappa shape index (κ2) is 7.11. The van der Waals surface area contributed by atoms with Crippen molar-refractivity contribution in [1.82, 2.24) is 14.9 Å². The molecule has 1 aliphatic heterocycles. The predicted octanol–water partition coefficient (Wildman–Crippen LogP) is 1.28. The van der Waals surface area contributed by atoms with Crippen molar-refractivity contribution in [3.8, 4) is 0 Å². The summed E-state index contributed by atoms with van der Waals surface area (Å²) in [5.41, 5.74) is 7.58. The van der Waals surface area contributed by atoms with Gasteiger partial charge in [-0.05, 0) is 30.5 Å². The summed E-state index contributed by atoms with van der Waals surface area (Å²) >= 11 is 0. The SMILES string of the molecule is Nc1nc(C2CC(O)C2)cc(N2CCN(Cc3ccc(F)cc3)C(=O)C2)n1. The van der Waals surface area contributed by atoms with E-state index >= 15 is 0 Å². The minimum atomic E-state index is -0.286. The Morgan fingerprint density at radius 1 is 1.19 bits per heavy atom. The molecule has 0 unspecified atom stereocenters. The molecule has 1 saturated heterocycles. The van der Waals surface area contributed by atoms with Gasteiger partial charge in [0.15, 0.2) is 0 Å². The van der Waals surface area contributed by atoms with Crippen LogP contribution in [0.25, 0.3) is 0 Å². The number of nitrogens with zero attached hydrogens (tertiary/aromatic N) is 4. The van der Waals surface area contributed by atoms with Gasteiger partial charge in [0, 0.05) is 31.6 Å². The fraction of sp³-hybridized carbons (Fsp3) is 0.421. The molecular formula is C19H22FN5O2. The van der Waals surface area contributed by atoms with Gasteiger partial charge < -0.3 is 20.6 Å². The van der Waals surface area contributed by atoms with Crippen molar-refractivity contribution in [2.24, 2.45) is 0 Å². The number of benzene rings is 1. The van der Waals surface area contributed by atoms with Gasteiger partial charge in [0.25, 0.3) is 0 Å². The van der Waals surface area contributed by atoms with Gasteiger partial charge in [-0.15, -0.1) is 0 Å². The highest BCUT2D eigenvalue weighted by molar-refractivity contribution is 5.82. The van der Waals surface area contributed by atoms with E-state index in [9.17, 15) is 14.3 Å². The van der Waals surface area contributed by atoms with Crippen LogP contribution in [-0.4, -0.2) is 51.6 Å². The van der Waals surface area contributed by atoms with E-state index < -0.39 is 0 Å².